The van der Waals surface area contributed by atoms with E-state index < -0.39 is 0 Å². The maximum absolute atomic E-state index is 11.9. The summed E-state index contributed by atoms with van der Waals surface area (Å²) in [5.74, 6) is 0.999. The van der Waals surface area contributed by atoms with Gasteiger partial charge in [0, 0.05) is 24.9 Å². The van der Waals surface area contributed by atoms with Gasteiger partial charge in [0.05, 0.1) is 0 Å². The van der Waals surface area contributed by atoms with Crippen LogP contribution in [0.15, 0.2) is 30.3 Å². The van der Waals surface area contributed by atoms with Crippen LogP contribution in [0.1, 0.15) is 32.3 Å². The summed E-state index contributed by atoms with van der Waals surface area (Å²) < 4.78 is 0. The maximum atomic E-state index is 11.9. The Hall–Kier alpha value is -1.35. The van der Waals surface area contributed by atoms with Gasteiger partial charge in [-0.3, -0.25) is 4.79 Å². The van der Waals surface area contributed by atoms with Gasteiger partial charge < -0.3 is 10.6 Å². The summed E-state index contributed by atoms with van der Waals surface area (Å²) >= 11 is 0. The molecule has 0 aliphatic rings. The molecule has 0 aliphatic heterocycles. The SMILES string of the molecule is CNCC(C)C(=O)NCC(c1ccccc1)C(C)C. The first kappa shape index (κ1) is 15.7. The quantitative estimate of drug-likeness (QED) is 0.792. The van der Waals surface area contributed by atoms with Crippen LogP contribution in [0.25, 0.3) is 0 Å². The van der Waals surface area contributed by atoms with E-state index in [0.29, 0.717) is 24.9 Å². The highest BCUT2D eigenvalue weighted by atomic mass is 16.1. The van der Waals surface area contributed by atoms with Crippen LogP contribution in [0.4, 0.5) is 0 Å². The fourth-order valence-electron chi connectivity index (χ4n) is 2.22. The third-order valence-electron chi connectivity index (χ3n) is 3.49. The minimum Gasteiger partial charge on any atom is -0.355 e. The number of hydrogen-bond donors (Lipinski definition) is 2. The van der Waals surface area contributed by atoms with Gasteiger partial charge in [-0.15, -0.1) is 0 Å². The summed E-state index contributed by atoms with van der Waals surface area (Å²) in [4.78, 5) is 11.9. The third-order valence-corrected chi connectivity index (χ3v) is 3.49. The van der Waals surface area contributed by atoms with Crippen LogP contribution in [0, 0.1) is 11.8 Å². The molecule has 1 amide bonds. The topological polar surface area (TPSA) is 41.1 Å². The molecule has 0 aromatic heterocycles. The number of nitrogens with one attached hydrogen (secondary N) is 2. The molecule has 19 heavy (non-hydrogen) atoms. The van der Waals surface area contributed by atoms with Crippen molar-refractivity contribution in [1.82, 2.24) is 10.6 Å². The predicted octanol–water partition coefficient (Wildman–Crippen LogP) is 2.40. The summed E-state index contributed by atoms with van der Waals surface area (Å²) in [6.07, 6.45) is 0. The second-order valence-corrected chi connectivity index (χ2v) is 5.47. The van der Waals surface area contributed by atoms with Crippen molar-refractivity contribution in [3.63, 3.8) is 0 Å². The zero-order valence-corrected chi connectivity index (χ0v) is 12.4. The van der Waals surface area contributed by atoms with Crippen LogP contribution in [0.5, 0.6) is 0 Å². The van der Waals surface area contributed by atoms with Crippen LogP contribution in [0.2, 0.25) is 0 Å². The lowest BCUT2D eigenvalue weighted by Gasteiger charge is -2.23. The molecule has 0 radical (unpaired) electrons. The average Bonchev–Trinajstić information content (AvgIpc) is 2.39. The highest BCUT2D eigenvalue weighted by Crippen LogP contribution is 2.23. The standard InChI is InChI=1S/C16H26N2O/c1-12(2)15(14-8-6-5-7-9-14)11-18-16(19)13(3)10-17-4/h5-9,12-13,15,17H,10-11H2,1-4H3,(H,18,19). The Kier molecular flexibility index (Phi) is 6.57. The molecule has 1 rings (SSSR count). The molecule has 3 heteroatoms. The van der Waals surface area contributed by atoms with Crippen molar-refractivity contribution in [2.75, 3.05) is 20.1 Å². The number of rotatable bonds is 7. The van der Waals surface area contributed by atoms with Crippen LogP contribution < -0.4 is 10.6 Å². The Bertz CT molecular complexity index is 376. The Labute approximate surface area is 116 Å². The van der Waals surface area contributed by atoms with Gasteiger partial charge in [0.1, 0.15) is 0 Å². The van der Waals surface area contributed by atoms with Gasteiger partial charge in [-0.1, -0.05) is 51.1 Å². The van der Waals surface area contributed by atoms with E-state index in [4.69, 9.17) is 0 Å². The number of carbonyl (C=O) groups excluding carboxylic acids is 1. The molecule has 3 nitrogen and oxygen atoms in total. The summed E-state index contributed by atoms with van der Waals surface area (Å²) in [5, 5.41) is 6.10. The van der Waals surface area contributed by atoms with E-state index in [-0.39, 0.29) is 11.8 Å². The molecule has 0 bridgehead atoms. The lowest BCUT2D eigenvalue weighted by atomic mass is 9.88. The van der Waals surface area contributed by atoms with E-state index in [1.54, 1.807) is 0 Å². The highest BCUT2D eigenvalue weighted by molar-refractivity contribution is 5.78. The Morgan fingerprint density at radius 2 is 1.74 bits per heavy atom. The van der Waals surface area contributed by atoms with E-state index >= 15 is 0 Å². The van der Waals surface area contributed by atoms with Crippen molar-refractivity contribution in [2.24, 2.45) is 11.8 Å². The van der Waals surface area contributed by atoms with Gasteiger partial charge in [-0.05, 0) is 18.5 Å². The van der Waals surface area contributed by atoms with Crippen LogP contribution in [-0.2, 0) is 4.79 Å². The van der Waals surface area contributed by atoms with Gasteiger partial charge in [0.15, 0.2) is 0 Å². The fraction of sp³-hybridized carbons (Fsp3) is 0.562. The molecule has 1 aromatic carbocycles. The first-order valence-corrected chi connectivity index (χ1v) is 7.03. The summed E-state index contributed by atoms with van der Waals surface area (Å²) in [7, 11) is 1.87. The van der Waals surface area contributed by atoms with Crippen molar-refractivity contribution in [3.05, 3.63) is 35.9 Å². The molecule has 0 spiro atoms. The molecule has 2 N–H and O–H groups in total. The van der Waals surface area contributed by atoms with E-state index in [2.05, 4.69) is 48.7 Å². The molecule has 0 aliphatic carbocycles. The van der Waals surface area contributed by atoms with E-state index in [1.165, 1.54) is 5.56 Å². The molecule has 0 saturated carbocycles. The predicted molar refractivity (Wildman–Crippen MR) is 80.1 cm³/mol. The van der Waals surface area contributed by atoms with Gasteiger partial charge in [-0.25, -0.2) is 0 Å². The normalized spacial score (nSPS) is 14.2. The molecule has 0 saturated heterocycles. The Balaban J connectivity index is 2.59. The monoisotopic (exact) mass is 262 g/mol. The Morgan fingerprint density at radius 1 is 1.11 bits per heavy atom. The number of hydrogen-bond acceptors (Lipinski definition) is 2. The summed E-state index contributed by atoms with van der Waals surface area (Å²) in [6.45, 7) is 7.75. The van der Waals surface area contributed by atoms with Crippen LogP contribution >= 0.6 is 0 Å². The zero-order chi connectivity index (χ0) is 14.3. The second-order valence-electron chi connectivity index (χ2n) is 5.47. The molecular formula is C16H26N2O. The number of carbonyl (C=O) groups is 1. The number of benzene rings is 1. The first-order valence-electron chi connectivity index (χ1n) is 7.03. The van der Waals surface area contributed by atoms with Gasteiger partial charge in [-0.2, -0.15) is 0 Å². The van der Waals surface area contributed by atoms with Gasteiger partial charge >= 0.3 is 0 Å². The van der Waals surface area contributed by atoms with Crippen molar-refractivity contribution in [3.8, 4) is 0 Å². The first-order chi connectivity index (χ1) is 9.06. The van der Waals surface area contributed by atoms with Crippen molar-refractivity contribution in [1.29, 1.82) is 0 Å². The number of amides is 1. The second kappa shape index (κ2) is 7.95. The van der Waals surface area contributed by atoms with E-state index in [9.17, 15) is 4.79 Å². The fourth-order valence-corrected chi connectivity index (χ4v) is 2.22. The summed E-state index contributed by atoms with van der Waals surface area (Å²) in [5.41, 5.74) is 1.29. The molecular weight excluding hydrogens is 236 g/mol. The average molecular weight is 262 g/mol. The maximum Gasteiger partial charge on any atom is 0.224 e. The van der Waals surface area contributed by atoms with Crippen LogP contribution in [0.3, 0.4) is 0 Å². The molecule has 106 valence electrons. The van der Waals surface area contributed by atoms with Crippen molar-refractivity contribution < 1.29 is 4.79 Å². The molecule has 0 heterocycles. The molecule has 2 unspecified atom stereocenters. The molecule has 2 atom stereocenters. The van der Waals surface area contributed by atoms with Crippen LogP contribution in [-0.4, -0.2) is 26.0 Å². The lowest BCUT2D eigenvalue weighted by molar-refractivity contribution is -0.124. The minimum atomic E-state index is 0.00795. The van der Waals surface area contributed by atoms with Gasteiger partial charge in [0.25, 0.3) is 0 Å². The lowest BCUT2D eigenvalue weighted by Crippen LogP contribution is -2.37. The Morgan fingerprint density at radius 3 is 2.26 bits per heavy atom. The van der Waals surface area contributed by atoms with Crippen molar-refractivity contribution in [2.45, 2.75) is 26.7 Å². The summed E-state index contributed by atoms with van der Waals surface area (Å²) in [6, 6.07) is 10.4. The van der Waals surface area contributed by atoms with E-state index in [1.807, 2.05) is 20.0 Å². The van der Waals surface area contributed by atoms with E-state index in [0.717, 1.165) is 0 Å². The largest absolute Gasteiger partial charge is 0.355 e. The smallest absolute Gasteiger partial charge is 0.224 e. The zero-order valence-electron chi connectivity index (χ0n) is 12.4. The highest BCUT2D eigenvalue weighted by Gasteiger charge is 2.18. The molecule has 0 fully saturated rings. The van der Waals surface area contributed by atoms with Crippen molar-refractivity contribution >= 4 is 5.91 Å². The minimum absolute atomic E-state index is 0.00795. The van der Waals surface area contributed by atoms with Gasteiger partial charge in [0.2, 0.25) is 5.91 Å². The third kappa shape index (κ3) is 5.03. The molecule has 1 aromatic rings.